The molecular weight excluding hydrogens is 240 g/mol. The van der Waals surface area contributed by atoms with Gasteiger partial charge in [-0.2, -0.15) is 0 Å². The normalized spacial score (nSPS) is 11.5. The van der Waals surface area contributed by atoms with E-state index in [1.54, 1.807) is 0 Å². The Morgan fingerprint density at radius 2 is 2.12 bits per heavy atom. The third-order valence-electron chi connectivity index (χ3n) is 2.13. The van der Waals surface area contributed by atoms with Crippen LogP contribution >= 0.6 is 0 Å². The lowest BCUT2D eigenvalue weighted by Gasteiger charge is -2.10. The summed E-state index contributed by atoms with van der Waals surface area (Å²) in [4.78, 5) is 4.34. The van der Waals surface area contributed by atoms with E-state index in [0.717, 1.165) is 11.4 Å². The number of pyridine rings is 1. The third-order valence-corrected chi connectivity index (χ3v) is 3.04. The van der Waals surface area contributed by atoms with Crippen LogP contribution in [0.4, 0.5) is 0 Å². The van der Waals surface area contributed by atoms with Gasteiger partial charge >= 0.3 is 0 Å². The zero-order valence-corrected chi connectivity index (χ0v) is 11.2. The van der Waals surface area contributed by atoms with Crippen molar-refractivity contribution in [2.45, 2.75) is 13.5 Å². The van der Waals surface area contributed by atoms with Gasteiger partial charge in [-0.05, 0) is 26.1 Å². The molecule has 1 aromatic rings. The van der Waals surface area contributed by atoms with Crippen molar-refractivity contribution in [3.05, 3.63) is 23.5 Å². The summed E-state index contributed by atoms with van der Waals surface area (Å²) in [6.07, 6.45) is 1.19. The zero-order valence-electron chi connectivity index (χ0n) is 10.4. The molecule has 0 aromatic carbocycles. The van der Waals surface area contributed by atoms with E-state index in [1.165, 1.54) is 6.26 Å². The summed E-state index contributed by atoms with van der Waals surface area (Å²) in [5.41, 5.74) is 1.70. The Morgan fingerprint density at radius 1 is 1.41 bits per heavy atom. The Balaban J connectivity index is 2.69. The van der Waals surface area contributed by atoms with Crippen LogP contribution in [0.15, 0.2) is 12.1 Å². The first-order chi connectivity index (χ1) is 7.92. The third kappa shape index (κ3) is 5.14. The maximum Gasteiger partial charge on any atom is 0.150 e. The predicted molar refractivity (Wildman–Crippen MR) is 66.9 cm³/mol. The molecule has 0 fully saturated rings. The fourth-order valence-electron chi connectivity index (χ4n) is 1.33. The highest BCUT2D eigenvalue weighted by atomic mass is 32.2. The smallest absolute Gasteiger partial charge is 0.150 e. The van der Waals surface area contributed by atoms with Crippen molar-refractivity contribution in [1.29, 1.82) is 0 Å². The van der Waals surface area contributed by atoms with E-state index in [9.17, 15) is 8.42 Å². The van der Waals surface area contributed by atoms with Gasteiger partial charge in [0.1, 0.15) is 12.4 Å². The fraction of sp³-hybridized carbons (Fsp3) is 0.545. The van der Waals surface area contributed by atoms with E-state index in [-0.39, 0.29) is 12.4 Å². The summed E-state index contributed by atoms with van der Waals surface area (Å²) in [6, 6.07) is 3.66. The fourth-order valence-corrected chi connectivity index (χ4v) is 1.71. The highest BCUT2D eigenvalue weighted by Gasteiger charge is 2.07. The molecule has 0 aliphatic heterocycles. The van der Waals surface area contributed by atoms with Gasteiger partial charge in [0.2, 0.25) is 0 Å². The first kappa shape index (κ1) is 13.9. The van der Waals surface area contributed by atoms with Gasteiger partial charge in [-0.1, -0.05) is 0 Å². The number of hydrogen-bond donors (Lipinski definition) is 1. The summed E-state index contributed by atoms with van der Waals surface area (Å²) in [6.45, 7) is 2.65. The average molecular weight is 258 g/mol. The van der Waals surface area contributed by atoms with Crippen LogP contribution in [0.25, 0.3) is 0 Å². The SMILES string of the molecule is CNCc1nc(C)ccc1OCCS(C)(=O)=O. The van der Waals surface area contributed by atoms with Gasteiger partial charge in [0.15, 0.2) is 9.84 Å². The number of nitrogens with one attached hydrogen (secondary N) is 1. The lowest BCUT2D eigenvalue weighted by Crippen LogP contribution is -2.15. The molecule has 0 saturated carbocycles. The van der Waals surface area contributed by atoms with Gasteiger partial charge in [-0.15, -0.1) is 0 Å². The molecule has 0 aliphatic rings. The molecule has 0 radical (unpaired) electrons. The Bertz CT molecular complexity index is 472. The number of ether oxygens (including phenoxy) is 1. The number of nitrogens with zero attached hydrogens (tertiary/aromatic N) is 1. The predicted octanol–water partition coefficient (Wildman–Crippen LogP) is 0.533. The lowest BCUT2D eigenvalue weighted by atomic mass is 10.3. The minimum atomic E-state index is -2.99. The number of aryl methyl sites for hydroxylation is 1. The van der Waals surface area contributed by atoms with E-state index in [1.807, 2.05) is 26.1 Å². The maximum absolute atomic E-state index is 11.0. The van der Waals surface area contributed by atoms with Crippen molar-refractivity contribution in [1.82, 2.24) is 10.3 Å². The molecule has 1 rings (SSSR count). The molecule has 0 saturated heterocycles. The Hall–Kier alpha value is -1.14. The van der Waals surface area contributed by atoms with Gasteiger partial charge in [0, 0.05) is 18.5 Å². The number of aromatic nitrogens is 1. The molecule has 17 heavy (non-hydrogen) atoms. The Kier molecular flexibility index (Phi) is 4.89. The largest absolute Gasteiger partial charge is 0.491 e. The summed E-state index contributed by atoms with van der Waals surface area (Å²) < 4.78 is 27.4. The molecule has 96 valence electrons. The average Bonchev–Trinajstić information content (AvgIpc) is 2.20. The van der Waals surface area contributed by atoms with Gasteiger partial charge in [-0.3, -0.25) is 4.98 Å². The van der Waals surface area contributed by atoms with Crippen molar-refractivity contribution in [2.75, 3.05) is 25.7 Å². The first-order valence-corrected chi connectivity index (χ1v) is 7.40. The van der Waals surface area contributed by atoms with Gasteiger partial charge in [-0.25, -0.2) is 8.42 Å². The van der Waals surface area contributed by atoms with Crippen LogP contribution < -0.4 is 10.1 Å². The topological polar surface area (TPSA) is 68.3 Å². The number of hydrogen-bond acceptors (Lipinski definition) is 5. The Morgan fingerprint density at radius 3 is 2.71 bits per heavy atom. The van der Waals surface area contributed by atoms with Crippen LogP contribution in [-0.2, 0) is 16.4 Å². The molecule has 1 N–H and O–H groups in total. The lowest BCUT2D eigenvalue weighted by molar-refractivity contribution is 0.334. The van der Waals surface area contributed by atoms with Crippen molar-refractivity contribution in [2.24, 2.45) is 0 Å². The van der Waals surface area contributed by atoms with Gasteiger partial charge in [0.25, 0.3) is 0 Å². The van der Waals surface area contributed by atoms with Crippen LogP contribution in [0, 0.1) is 6.92 Å². The highest BCUT2D eigenvalue weighted by molar-refractivity contribution is 7.90. The van der Waals surface area contributed by atoms with Crippen LogP contribution in [0.2, 0.25) is 0 Å². The minimum absolute atomic E-state index is 0.0138. The molecule has 6 heteroatoms. The molecule has 1 heterocycles. The molecule has 5 nitrogen and oxygen atoms in total. The molecule has 0 aliphatic carbocycles. The molecule has 0 amide bonds. The summed E-state index contributed by atoms with van der Waals surface area (Å²) in [7, 11) is -1.16. The van der Waals surface area contributed by atoms with Gasteiger partial charge < -0.3 is 10.1 Å². The number of rotatable bonds is 6. The molecule has 0 bridgehead atoms. The van der Waals surface area contributed by atoms with E-state index < -0.39 is 9.84 Å². The van der Waals surface area contributed by atoms with E-state index in [0.29, 0.717) is 12.3 Å². The van der Waals surface area contributed by atoms with Crippen LogP contribution in [0.5, 0.6) is 5.75 Å². The summed E-state index contributed by atoms with van der Waals surface area (Å²) in [5.74, 6) is 0.647. The van der Waals surface area contributed by atoms with E-state index in [2.05, 4.69) is 10.3 Å². The van der Waals surface area contributed by atoms with Crippen LogP contribution in [0.3, 0.4) is 0 Å². The summed E-state index contributed by atoms with van der Waals surface area (Å²) in [5, 5.41) is 3.00. The quantitative estimate of drug-likeness (QED) is 0.806. The van der Waals surface area contributed by atoms with E-state index >= 15 is 0 Å². The second-order valence-corrected chi connectivity index (χ2v) is 6.17. The maximum atomic E-state index is 11.0. The van der Waals surface area contributed by atoms with Crippen molar-refractivity contribution >= 4 is 9.84 Å². The zero-order chi connectivity index (χ0) is 12.9. The van der Waals surface area contributed by atoms with Crippen molar-refractivity contribution in [3.8, 4) is 5.75 Å². The molecule has 1 aromatic heterocycles. The summed E-state index contributed by atoms with van der Waals surface area (Å²) >= 11 is 0. The Labute approximate surface area is 102 Å². The van der Waals surface area contributed by atoms with E-state index in [4.69, 9.17) is 4.74 Å². The second kappa shape index (κ2) is 5.97. The highest BCUT2D eigenvalue weighted by Crippen LogP contribution is 2.16. The van der Waals surface area contributed by atoms with Crippen molar-refractivity contribution in [3.63, 3.8) is 0 Å². The monoisotopic (exact) mass is 258 g/mol. The second-order valence-electron chi connectivity index (χ2n) is 3.91. The molecule has 0 spiro atoms. The molecule has 0 atom stereocenters. The van der Waals surface area contributed by atoms with Crippen molar-refractivity contribution < 1.29 is 13.2 Å². The van der Waals surface area contributed by atoms with Gasteiger partial charge in [0.05, 0.1) is 11.4 Å². The molecule has 0 unspecified atom stereocenters. The minimum Gasteiger partial charge on any atom is -0.491 e. The first-order valence-electron chi connectivity index (χ1n) is 5.34. The number of sulfone groups is 1. The standard InChI is InChI=1S/C11H18N2O3S/c1-9-4-5-11(10(13-9)8-12-2)16-6-7-17(3,14)15/h4-5,12H,6-8H2,1-3H3. The van der Waals surface area contributed by atoms with Crippen LogP contribution in [0.1, 0.15) is 11.4 Å². The molecular formula is C11H18N2O3S. The van der Waals surface area contributed by atoms with Crippen LogP contribution in [-0.4, -0.2) is 39.1 Å².